The number of amides is 1. The van der Waals surface area contributed by atoms with Gasteiger partial charge in [-0.15, -0.1) is 0 Å². The summed E-state index contributed by atoms with van der Waals surface area (Å²) < 4.78 is 29.0. The van der Waals surface area contributed by atoms with Crippen molar-refractivity contribution in [3.05, 3.63) is 65.5 Å². The number of rotatable bonds is 10. The molecule has 0 aliphatic rings. The molecular weight excluding hydrogens is 377 g/mol. The third-order valence-electron chi connectivity index (χ3n) is 3.93. The van der Waals surface area contributed by atoms with Crippen LogP contribution in [-0.4, -0.2) is 38.7 Å². The van der Waals surface area contributed by atoms with Gasteiger partial charge in [-0.3, -0.25) is 4.79 Å². The molecular formula is C22H24FNO5. The summed E-state index contributed by atoms with van der Waals surface area (Å²) in [5, 5.41) is 2.57. The molecule has 0 aliphatic heterocycles. The van der Waals surface area contributed by atoms with Crippen molar-refractivity contribution in [3.8, 4) is 11.5 Å². The Balaban J connectivity index is 1.71. The van der Waals surface area contributed by atoms with E-state index >= 15 is 0 Å². The van der Waals surface area contributed by atoms with Gasteiger partial charge in [0.2, 0.25) is 0 Å². The smallest absolute Gasteiger partial charge is 0.344 e. The number of nitrogens with one attached hydrogen (secondary N) is 1. The number of benzene rings is 2. The summed E-state index contributed by atoms with van der Waals surface area (Å²) in [6, 6.07) is 11.6. The molecule has 0 radical (unpaired) electrons. The molecule has 1 amide bonds. The normalized spacial score (nSPS) is 10.6. The minimum absolute atomic E-state index is 0.240. The summed E-state index contributed by atoms with van der Waals surface area (Å²) in [6.45, 7) is 1.35. The number of esters is 1. The molecule has 2 aromatic carbocycles. The van der Waals surface area contributed by atoms with Gasteiger partial charge >= 0.3 is 5.97 Å². The Bertz CT molecular complexity index is 866. The molecule has 0 spiro atoms. The number of ether oxygens (including phenoxy) is 3. The molecule has 7 heteroatoms. The zero-order valence-corrected chi connectivity index (χ0v) is 16.4. The molecule has 154 valence electrons. The van der Waals surface area contributed by atoms with E-state index in [1.54, 1.807) is 30.3 Å². The van der Waals surface area contributed by atoms with Crippen molar-refractivity contribution in [1.29, 1.82) is 0 Å². The zero-order valence-electron chi connectivity index (χ0n) is 16.4. The maximum atomic E-state index is 13.5. The molecule has 2 aromatic rings. The highest BCUT2D eigenvalue weighted by molar-refractivity contribution is 5.80. The molecule has 2 rings (SSSR count). The van der Waals surface area contributed by atoms with Gasteiger partial charge in [-0.2, -0.15) is 0 Å². The fourth-order valence-corrected chi connectivity index (χ4v) is 2.51. The van der Waals surface area contributed by atoms with Crippen LogP contribution < -0.4 is 14.8 Å². The Hall–Kier alpha value is -3.35. The summed E-state index contributed by atoms with van der Waals surface area (Å²) in [4.78, 5) is 23.5. The minimum atomic E-state index is -0.686. The quantitative estimate of drug-likeness (QED) is 0.619. The first-order chi connectivity index (χ1) is 14.0. The van der Waals surface area contributed by atoms with Crippen LogP contribution in [0.2, 0.25) is 0 Å². The van der Waals surface area contributed by atoms with E-state index < -0.39 is 18.5 Å². The van der Waals surface area contributed by atoms with E-state index in [0.29, 0.717) is 23.5 Å². The summed E-state index contributed by atoms with van der Waals surface area (Å²) in [5.41, 5.74) is 1.44. The molecule has 0 atom stereocenters. The number of allylic oxidation sites excluding steroid dienone is 1. The highest BCUT2D eigenvalue weighted by Gasteiger charge is 2.11. The Labute approximate surface area is 169 Å². The lowest BCUT2D eigenvalue weighted by atomic mass is 10.1. The molecule has 6 nitrogen and oxygen atoms in total. The largest absolute Gasteiger partial charge is 0.493 e. The number of carbonyl (C=O) groups excluding carboxylic acids is 2. The average Bonchev–Trinajstić information content (AvgIpc) is 2.72. The van der Waals surface area contributed by atoms with E-state index in [1.165, 1.54) is 13.2 Å². The number of methoxy groups -OCH3 is 1. The van der Waals surface area contributed by atoms with Gasteiger partial charge in [-0.1, -0.05) is 36.4 Å². The van der Waals surface area contributed by atoms with E-state index in [0.717, 1.165) is 5.56 Å². The average molecular weight is 401 g/mol. The molecule has 0 saturated heterocycles. The number of hydrogen-bond acceptors (Lipinski definition) is 5. The first-order valence-corrected chi connectivity index (χ1v) is 9.12. The van der Waals surface area contributed by atoms with Crippen LogP contribution in [0.15, 0.2) is 48.5 Å². The number of hydrogen-bond donors (Lipinski definition) is 1. The maximum Gasteiger partial charge on any atom is 0.344 e. The van der Waals surface area contributed by atoms with Gasteiger partial charge in [0.05, 0.1) is 7.11 Å². The van der Waals surface area contributed by atoms with E-state index in [-0.39, 0.29) is 19.0 Å². The van der Waals surface area contributed by atoms with Crippen molar-refractivity contribution < 1.29 is 28.2 Å². The van der Waals surface area contributed by atoms with E-state index in [1.807, 2.05) is 25.1 Å². The Kier molecular flexibility index (Phi) is 8.69. The third-order valence-corrected chi connectivity index (χ3v) is 3.93. The van der Waals surface area contributed by atoms with Gasteiger partial charge in [-0.05, 0) is 42.7 Å². The Morgan fingerprint density at radius 3 is 2.62 bits per heavy atom. The molecule has 29 heavy (non-hydrogen) atoms. The van der Waals surface area contributed by atoms with Crippen molar-refractivity contribution in [2.24, 2.45) is 0 Å². The fourth-order valence-electron chi connectivity index (χ4n) is 2.51. The van der Waals surface area contributed by atoms with Crippen LogP contribution in [0.5, 0.6) is 11.5 Å². The van der Waals surface area contributed by atoms with Gasteiger partial charge in [0.25, 0.3) is 5.91 Å². The molecule has 0 heterocycles. The van der Waals surface area contributed by atoms with Crippen molar-refractivity contribution >= 4 is 18.0 Å². The van der Waals surface area contributed by atoms with Crippen LogP contribution in [0.1, 0.15) is 18.1 Å². The van der Waals surface area contributed by atoms with Crippen molar-refractivity contribution in [1.82, 2.24) is 5.32 Å². The lowest BCUT2D eigenvalue weighted by Crippen LogP contribution is -2.31. The topological polar surface area (TPSA) is 73.9 Å². The number of carbonyl (C=O) groups is 2. The van der Waals surface area contributed by atoms with Gasteiger partial charge in [0, 0.05) is 6.54 Å². The Morgan fingerprint density at radius 1 is 1.10 bits per heavy atom. The monoisotopic (exact) mass is 401 g/mol. The predicted molar refractivity (Wildman–Crippen MR) is 107 cm³/mol. The van der Waals surface area contributed by atoms with Gasteiger partial charge < -0.3 is 19.5 Å². The van der Waals surface area contributed by atoms with Gasteiger partial charge in [0.15, 0.2) is 24.7 Å². The molecule has 1 N–H and O–H groups in total. The van der Waals surface area contributed by atoms with Crippen molar-refractivity contribution in [3.63, 3.8) is 0 Å². The standard InChI is InChI=1S/C22H24FNO5/c1-3-6-16-9-10-19(20(13-16)27-2)28-15-22(26)29-14-21(25)24-12-11-17-7-4-5-8-18(17)23/h3-10,13H,11-12,14-15H2,1-2H3,(H,24,25)/b6-3+. The molecule has 0 aliphatic carbocycles. The first kappa shape index (κ1) is 21.9. The fraction of sp³-hybridized carbons (Fsp3) is 0.273. The molecule has 0 saturated carbocycles. The van der Waals surface area contributed by atoms with E-state index in [2.05, 4.69) is 5.32 Å². The van der Waals surface area contributed by atoms with Crippen molar-refractivity contribution in [2.75, 3.05) is 26.9 Å². The van der Waals surface area contributed by atoms with Gasteiger partial charge in [-0.25, -0.2) is 9.18 Å². The van der Waals surface area contributed by atoms with E-state index in [9.17, 15) is 14.0 Å². The Morgan fingerprint density at radius 2 is 1.90 bits per heavy atom. The second-order valence-electron chi connectivity index (χ2n) is 6.05. The molecule has 0 aromatic heterocycles. The SMILES string of the molecule is C/C=C/c1ccc(OCC(=O)OCC(=O)NCCc2ccccc2F)c(OC)c1. The molecule has 0 bridgehead atoms. The third kappa shape index (κ3) is 7.29. The summed E-state index contributed by atoms with van der Waals surface area (Å²) in [6.07, 6.45) is 4.15. The van der Waals surface area contributed by atoms with Crippen LogP contribution in [0, 0.1) is 5.82 Å². The van der Waals surface area contributed by atoms with Gasteiger partial charge in [0.1, 0.15) is 5.82 Å². The van der Waals surface area contributed by atoms with Crippen LogP contribution in [0.4, 0.5) is 4.39 Å². The van der Waals surface area contributed by atoms with Crippen LogP contribution in [0.3, 0.4) is 0 Å². The summed E-state index contributed by atoms with van der Waals surface area (Å²) in [5.74, 6) is -0.595. The highest BCUT2D eigenvalue weighted by atomic mass is 19.1. The minimum Gasteiger partial charge on any atom is -0.493 e. The highest BCUT2D eigenvalue weighted by Crippen LogP contribution is 2.28. The number of halogens is 1. The van der Waals surface area contributed by atoms with Crippen LogP contribution in [-0.2, 0) is 20.7 Å². The second-order valence-corrected chi connectivity index (χ2v) is 6.05. The predicted octanol–water partition coefficient (Wildman–Crippen LogP) is 3.15. The van der Waals surface area contributed by atoms with Crippen LogP contribution >= 0.6 is 0 Å². The lowest BCUT2D eigenvalue weighted by molar-refractivity contribution is -0.150. The maximum absolute atomic E-state index is 13.5. The van der Waals surface area contributed by atoms with E-state index in [4.69, 9.17) is 14.2 Å². The second kappa shape index (κ2) is 11.5. The summed E-state index contributed by atoms with van der Waals surface area (Å²) in [7, 11) is 1.51. The van der Waals surface area contributed by atoms with Crippen molar-refractivity contribution in [2.45, 2.75) is 13.3 Å². The lowest BCUT2D eigenvalue weighted by Gasteiger charge is -2.11. The molecule has 0 fully saturated rings. The molecule has 0 unspecified atom stereocenters. The zero-order chi connectivity index (χ0) is 21.1. The van der Waals surface area contributed by atoms with Crippen LogP contribution in [0.25, 0.3) is 6.08 Å². The first-order valence-electron chi connectivity index (χ1n) is 9.12. The summed E-state index contributed by atoms with van der Waals surface area (Å²) >= 11 is 0.